The molecule has 0 radical (unpaired) electrons. The Bertz CT molecular complexity index is 1330. The van der Waals surface area contributed by atoms with Gasteiger partial charge in [0, 0.05) is 23.4 Å². The van der Waals surface area contributed by atoms with Gasteiger partial charge in [-0.15, -0.1) is 0 Å². The van der Waals surface area contributed by atoms with Crippen molar-refractivity contribution < 1.29 is 14.3 Å². The van der Waals surface area contributed by atoms with Crippen LogP contribution in [0.2, 0.25) is 0 Å². The molecule has 0 atom stereocenters. The first-order chi connectivity index (χ1) is 15.6. The second-order valence-corrected chi connectivity index (χ2v) is 6.81. The molecule has 0 aliphatic heterocycles. The number of hydrogen-bond donors (Lipinski definition) is 1. The summed E-state index contributed by atoms with van der Waals surface area (Å²) in [6.45, 7) is 0. The number of nitriles is 1. The predicted octanol–water partition coefficient (Wildman–Crippen LogP) is 4.58. The second kappa shape index (κ2) is 8.98. The number of primary amides is 1. The number of rotatable bonds is 6. The van der Waals surface area contributed by atoms with E-state index in [4.69, 9.17) is 15.2 Å². The van der Waals surface area contributed by atoms with Crippen LogP contribution in [-0.4, -0.2) is 23.0 Å². The summed E-state index contributed by atoms with van der Waals surface area (Å²) < 4.78 is 11.3. The van der Waals surface area contributed by atoms with Gasteiger partial charge in [-0.05, 0) is 66.2 Å². The minimum Gasteiger partial charge on any atom is -0.481 e. The highest BCUT2D eigenvalue weighted by Gasteiger charge is 2.11. The number of ether oxygens (including phenoxy) is 2. The van der Waals surface area contributed by atoms with Crippen LogP contribution in [0, 0.1) is 11.3 Å². The Hall–Kier alpha value is -4.70. The van der Waals surface area contributed by atoms with Gasteiger partial charge in [-0.3, -0.25) is 4.79 Å². The lowest BCUT2D eigenvalue weighted by atomic mass is 10.0. The number of carbonyl (C=O) groups is 1. The molecule has 1 amide bonds. The minimum absolute atomic E-state index is 0.206. The number of pyridine rings is 2. The lowest BCUT2D eigenvalue weighted by molar-refractivity contribution is 0.0995. The van der Waals surface area contributed by atoms with Crippen molar-refractivity contribution in [3.63, 3.8) is 0 Å². The third-order valence-corrected chi connectivity index (χ3v) is 4.74. The monoisotopic (exact) mass is 422 g/mol. The fraction of sp³-hybridized carbons (Fsp3) is 0.0400. The number of nitrogens with two attached hydrogens (primary N) is 1. The van der Waals surface area contributed by atoms with Gasteiger partial charge in [-0.1, -0.05) is 6.07 Å². The van der Waals surface area contributed by atoms with Crippen molar-refractivity contribution >= 4 is 5.91 Å². The highest BCUT2D eigenvalue weighted by molar-refractivity contribution is 5.91. The van der Waals surface area contributed by atoms with Gasteiger partial charge in [0.05, 0.1) is 24.4 Å². The first-order valence-corrected chi connectivity index (χ1v) is 9.67. The number of nitrogens with zero attached hydrogens (tertiary/aromatic N) is 3. The van der Waals surface area contributed by atoms with E-state index in [0.29, 0.717) is 28.6 Å². The Kier molecular flexibility index (Phi) is 5.77. The van der Waals surface area contributed by atoms with Crippen LogP contribution in [0.25, 0.3) is 22.4 Å². The molecule has 4 rings (SSSR count). The smallest absolute Gasteiger partial charge is 0.267 e. The van der Waals surface area contributed by atoms with Crippen LogP contribution in [0.5, 0.6) is 17.4 Å². The third-order valence-electron chi connectivity index (χ3n) is 4.74. The highest BCUT2D eigenvalue weighted by Crippen LogP contribution is 2.35. The molecule has 2 heterocycles. The van der Waals surface area contributed by atoms with Gasteiger partial charge in [0.15, 0.2) is 0 Å². The van der Waals surface area contributed by atoms with E-state index >= 15 is 0 Å². The van der Waals surface area contributed by atoms with Crippen LogP contribution in [0.15, 0.2) is 79.0 Å². The number of hydrogen-bond acceptors (Lipinski definition) is 6. The summed E-state index contributed by atoms with van der Waals surface area (Å²) in [5.74, 6) is 1.07. The molecule has 0 aliphatic rings. The molecular weight excluding hydrogens is 404 g/mol. The third kappa shape index (κ3) is 4.40. The van der Waals surface area contributed by atoms with Crippen molar-refractivity contribution in [1.82, 2.24) is 9.97 Å². The zero-order chi connectivity index (χ0) is 22.5. The highest BCUT2D eigenvalue weighted by atomic mass is 16.5. The summed E-state index contributed by atoms with van der Waals surface area (Å²) in [4.78, 5) is 19.8. The van der Waals surface area contributed by atoms with Crippen molar-refractivity contribution in [3.05, 3.63) is 90.3 Å². The van der Waals surface area contributed by atoms with E-state index in [9.17, 15) is 10.1 Å². The average Bonchev–Trinajstić information content (AvgIpc) is 2.85. The maximum Gasteiger partial charge on any atom is 0.267 e. The Labute approximate surface area is 184 Å². The SMILES string of the molecule is COc1cc(-c2cc(C#N)ccc2Oc2ccc(-c3cccc(C(N)=O)n3)cc2)ccn1. The van der Waals surface area contributed by atoms with E-state index < -0.39 is 5.91 Å². The fourth-order valence-electron chi connectivity index (χ4n) is 3.16. The molecular formula is C25H18N4O3. The van der Waals surface area contributed by atoms with E-state index in [-0.39, 0.29) is 5.69 Å². The average molecular weight is 422 g/mol. The van der Waals surface area contributed by atoms with E-state index in [1.165, 1.54) is 0 Å². The summed E-state index contributed by atoms with van der Waals surface area (Å²) in [5.41, 5.74) is 9.04. The van der Waals surface area contributed by atoms with Gasteiger partial charge >= 0.3 is 0 Å². The Morgan fingerprint density at radius 2 is 1.81 bits per heavy atom. The molecule has 0 aliphatic carbocycles. The minimum atomic E-state index is -0.576. The molecule has 0 saturated heterocycles. The lowest BCUT2D eigenvalue weighted by Crippen LogP contribution is -2.12. The lowest BCUT2D eigenvalue weighted by Gasteiger charge is -2.13. The molecule has 2 N–H and O–H groups in total. The standard InChI is InChI=1S/C25H18N4O3/c1-31-24-14-18(11-12-28-24)20-13-16(15-26)5-10-23(20)32-19-8-6-17(7-9-19)21-3-2-4-22(29-21)25(27)30/h2-14H,1H3,(H2,27,30). The van der Waals surface area contributed by atoms with Crippen LogP contribution in [0.4, 0.5) is 0 Å². The van der Waals surface area contributed by atoms with Crippen LogP contribution >= 0.6 is 0 Å². The molecule has 7 heteroatoms. The number of carbonyl (C=O) groups excluding carboxylic acids is 1. The molecule has 32 heavy (non-hydrogen) atoms. The molecule has 0 saturated carbocycles. The first kappa shape index (κ1) is 20.6. The summed E-state index contributed by atoms with van der Waals surface area (Å²) >= 11 is 0. The second-order valence-electron chi connectivity index (χ2n) is 6.81. The van der Waals surface area contributed by atoms with Crippen LogP contribution in [-0.2, 0) is 0 Å². The quantitative estimate of drug-likeness (QED) is 0.487. The number of amides is 1. The van der Waals surface area contributed by atoms with Gasteiger partial charge in [0.2, 0.25) is 5.88 Å². The van der Waals surface area contributed by atoms with Crippen LogP contribution in [0.1, 0.15) is 16.1 Å². The van der Waals surface area contributed by atoms with Crippen molar-refractivity contribution in [1.29, 1.82) is 5.26 Å². The van der Waals surface area contributed by atoms with E-state index in [1.807, 2.05) is 30.3 Å². The maximum atomic E-state index is 11.4. The maximum absolute atomic E-state index is 11.4. The van der Waals surface area contributed by atoms with E-state index in [2.05, 4.69) is 16.0 Å². The largest absolute Gasteiger partial charge is 0.481 e. The van der Waals surface area contributed by atoms with Gasteiger partial charge in [0.25, 0.3) is 5.91 Å². The summed E-state index contributed by atoms with van der Waals surface area (Å²) in [7, 11) is 1.55. The summed E-state index contributed by atoms with van der Waals surface area (Å²) in [6.07, 6.45) is 1.64. The summed E-state index contributed by atoms with van der Waals surface area (Å²) in [5, 5.41) is 9.32. The Morgan fingerprint density at radius 3 is 2.53 bits per heavy atom. The first-order valence-electron chi connectivity index (χ1n) is 9.67. The molecule has 2 aromatic carbocycles. The van der Waals surface area contributed by atoms with Crippen molar-refractivity contribution in [2.45, 2.75) is 0 Å². The van der Waals surface area contributed by atoms with Crippen LogP contribution < -0.4 is 15.2 Å². The number of aromatic nitrogens is 2. The zero-order valence-electron chi connectivity index (χ0n) is 17.1. The number of methoxy groups -OCH3 is 1. The molecule has 0 spiro atoms. The Balaban J connectivity index is 1.65. The normalized spacial score (nSPS) is 10.2. The molecule has 2 aromatic heterocycles. The number of benzene rings is 2. The van der Waals surface area contributed by atoms with Gasteiger partial charge < -0.3 is 15.2 Å². The fourth-order valence-corrected chi connectivity index (χ4v) is 3.16. The molecule has 0 fully saturated rings. The topological polar surface area (TPSA) is 111 Å². The van der Waals surface area contributed by atoms with Crippen molar-refractivity contribution in [2.75, 3.05) is 7.11 Å². The molecule has 0 unspecified atom stereocenters. The summed E-state index contributed by atoms with van der Waals surface area (Å²) in [6, 6.07) is 23.4. The van der Waals surface area contributed by atoms with E-state index in [1.54, 1.807) is 55.8 Å². The Morgan fingerprint density at radius 1 is 1.00 bits per heavy atom. The molecule has 7 nitrogen and oxygen atoms in total. The van der Waals surface area contributed by atoms with Crippen molar-refractivity contribution in [3.8, 4) is 45.8 Å². The van der Waals surface area contributed by atoms with E-state index in [0.717, 1.165) is 16.7 Å². The molecule has 156 valence electrons. The molecule has 4 aromatic rings. The molecule has 0 bridgehead atoms. The van der Waals surface area contributed by atoms with Crippen molar-refractivity contribution in [2.24, 2.45) is 5.73 Å². The predicted molar refractivity (Wildman–Crippen MR) is 119 cm³/mol. The van der Waals surface area contributed by atoms with Gasteiger partial charge in [-0.25, -0.2) is 9.97 Å². The van der Waals surface area contributed by atoms with Gasteiger partial charge in [0.1, 0.15) is 17.2 Å². The zero-order valence-corrected chi connectivity index (χ0v) is 17.1. The van der Waals surface area contributed by atoms with Gasteiger partial charge in [-0.2, -0.15) is 5.26 Å². The van der Waals surface area contributed by atoms with Crippen LogP contribution in [0.3, 0.4) is 0 Å².